The van der Waals surface area contributed by atoms with Gasteiger partial charge in [0.1, 0.15) is 11.6 Å². The van der Waals surface area contributed by atoms with E-state index in [1.54, 1.807) is 0 Å². The molecule has 0 fully saturated rings. The summed E-state index contributed by atoms with van der Waals surface area (Å²) in [4.78, 5) is 11.5. The molecule has 0 heterocycles. The molecule has 0 bridgehead atoms. The van der Waals surface area contributed by atoms with Crippen LogP contribution in [0.5, 0.6) is 0 Å². The predicted molar refractivity (Wildman–Crippen MR) is 77.4 cm³/mol. The maximum absolute atomic E-state index is 14.3. The Kier molecular flexibility index (Phi) is 5.32. The lowest BCUT2D eigenvalue weighted by Crippen LogP contribution is -2.20. The summed E-state index contributed by atoms with van der Waals surface area (Å²) in [5.41, 5.74) is 0.522. The van der Waals surface area contributed by atoms with Gasteiger partial charge in [0.05, 0.1) is 12.7 Å². The Morgan fingerprint density at radius 1 is 1.33 bits per heavy atom. The van der Waals surface area contributed by atoms with Crippen molar-refractivity contribution < 1.29 is 18.3 Å². The van der Waals surface area contributed by atoms with E-state index in [2.05, 4.69) is 11.7 Å². The summed E-state index contributed by atoms with van der Waals surface area (Å²) >= 11 is 0. The fourth-order valence-corrected chi connectivity index (χ4v) is 3.12. The lowest BCUT2D eigenvalue weighted by atomic mass is 9.80. The maximum atomic E-state index is 14.3. The van der Waals surface area contributed by atoms with Crippen LogP contribution >= 0.6 is 0 Å². The monoisotopic (exact) mass is 296 g/mol. The van der Waals surface area contributed by atoms with Crippen molar-refractivity contribution in [3.8, 4) is 0 Å². The molecule has 1 unspecified atom stereocenters. The second-order valence-corrected chi connectivity index (χ2v) is 5.77. The van der Waals surface area contributed by atoms with Gasteiger partial charge in [0.15, 0.2) is 0 Å². The molecule has 1 aliphatic rings. The molecule has 0 spiro atoms. The molecule has 1 aromatic carbocycles. The van der Waals surface area contributed by atoms with E-state index in [1.807, 2.05) is 0 Å². The van der Waals surface area contributed by atoms with Gasteiger partial charge in [-0.25, -0.2) is 13.6 Å². The normalized spacial score (nSPS) is 17.4. The van der Waals surface area contributed by atoms with E-state index in [-0.39, 0.29) is 5.56 Å². The summed E-state index contributed by atoms with van der Waals surface area (Å²) in [7, 11) is 1.17. The van der Waals surface area contributed by atoms with Gasteiger partial charge in [-0.2, -0.15) is 0 Å². The summed E-state index contributed by atoms with van der Waals surface area (Å²) in [5, 5.41) is 0. The Hall–Kier alpha value is -1.45. The number of hydrogen-bond donors (Lipinski definition) is 0. The molecule has 2 nitrogen and oxygen atoms in total. The topological polar surface area (TPSA) is 26.3 Å². The average Bonchev–Trinajstić information content (AvgIpc) is 2.50. The van der Waals surface area contributed by atoms with Gasteiger partial charge < -0.3 is 4.74 Å². The highest BCUT2D eigenvalue weighted by Crippen LogP contribution is 2.33. The molecule has 1 atom stereocenters. The third-order valence-corrected chi connectivity index (χ3v) is 4.34. The number of rotatable bonds is 5. The number of halogens is 2. The molecular weight excluding hydrogens is 274 g/mol. The number of carbonyl (C=O) groups is 1. The highest BCUT2D eigenvalue weighted by molar-refractivity contribution is 5.90. The van der Waals surface area contributed by atoms with E-state index in [0.717, 1.165) is 31.7 Å². The fraction of sp³-hybridized carbons (Fsp3) is 0.588. The number of hydrogen-bond acceptors (Lipinski definition) is 2. The Labute approximate surface area is 124 Å². The van der Waals surface area contributed by atoms with Gasteiger partial charge in [-0.1, -0.05) is 32.6 Å². The van der Waals surface area contributed by atoms with Crippen LogP contribution < -0.4 is 0 Å². The van der Waals surface area contributed by atoms with Crippen LogP contribution in [0.2, 0.25) is 0 Å². The van der Waals surface area contributed by atoms with Gasteiger partial charge in [0.2, 0.25) is 0 Å². The van der Waals surface area contributed by atoms with Crippen molar-refractivity contribution in [3.63, 3.8) is 0 Å². The molecule has 0 saturated carbocycles. The van der Waals surface area contributed by atoms with Crippen LogP contribution in [0.4, 0.5) is 8.78 Å². The smallest absolute Gasteiger partial charge is 0.340 e. The van der Waals surface area contributed by atoms with Crippen molar-refractivity contribution in [2.45, 2.75) is 51.9 Å². The second kappa shape index (κ2) is 7.01. The van der Waals surface area contributed by atoms with Gasteiger partial charge in [-0.3, -0.25) is 0 Å². The summed E-state index contributed by atoms with van der Waals surface area (Å²) < 4.78 is 33.0. The first-order valence-electron chi connectivity index (χ1n) is 7.66. The summed E-state index contributed by atoms with van der Waals surface area (Å²) in [6.45, 7) is 2.15. The van der Waals surface area contributed by atoms with E-state index in [0.29, 0.717) is 29.9 Å². The molecule has 1 aromatic rings. The van der Waals surface area contributed by atoms with Crippen LogP contribution in [0.25, 0.3) is 0 Å². The van der Waals surface area contributed by atoms with Crippen molar-refractivity contribution in [3.05, 3.63) is 34.4 Å². The van der Waals surface area contributed by atoms with Crippen LogP contribution in [-0.4, -0.2) is 13.1 Å². The minimum atomic E-state index is -0.820. The lowest BCUT2D eigenvalue weighted by Gasteiger charge is -2.26. The fourth-order valence-electron chi connectivity index (χ4n) is 3.12. The van der Waals surface area contributed by atoms with Crippen molar-refractivity contribution in [2.75, 3.05) is 7.11 Å². The summed E-state index contributed by atoms with van der Waals surface area (Å²) in [6, 6.07) is 0.981. The number of ether oxygens (including phenoxy) is 1. The first-order valence-corrected chi connectivity index (χ1v) is 7.66. The van der Waals surface area contributed by atoms with Crippen molar-refractivity contribution >= 4 is 5.97 Å². The molecule has 0 amide bonds. The van der Waals surface area contributed by atoms with Gasteiger partial charge in [-0.15, -0.1) is 0 Å². The van der Waals surface area contributed by atoms with E-state index in [1.165, 1.54) is 13.5 Å². The van der Waals surface area contributed by atoms with Crippen molar-refractivity contribution in [2.24, 2.45) is 5.92 Å². The van der Waals surface area contributed by atoms with Crippen LogP contribution in [0, 0.1) is 17.6 Å². The van der Waals surface area contributed by atoms with Gasteiger partial charge >= 0.3 is 5.97 Å². The maximum Gasteiger partial charge on any atom is 0.340 e. The van der Waals surface area contributed by atoms with Gasteiger partial charge in [-0.05, 0) is 42.4 Å². The number of unbranched alkanes of at least 4 members (excludes halogenated alkanes) is 2. The number of carbonyl (C=O) groups excluding carboxylic acids is 1. The molecule has 21 heavy (non-hydrogen) atoms. The highest BCUT2D eigenvalue weighted by atomic mass is 19.1. The first kappa shape index (κ1) is 15.9. The zero-order valence-corrected chi connectivity index (χ0v) is 12.7. The quantitative estimate of drug-likeness (QED) is 0.593. The van der Waals surface area contributed by atoms with Crippen molar-refractivity contribution in [1.82, 2.24) is 0 Å². The second-order valence-electron chi connectivity index (χ2n) is 5.77. The molecular formula is C17H22F2O2. The van der Waals surface area contributed by atoms with Crippen LogP contribution in [0.1, 0.15) is 60.5 Å². The Morgan fingerprint density at radius 3 is 2.76 bits per heavy atom. The van der Waals surface area contributed by atoms with Crippen molar-refractivity contribution in [1.29, 1.82) is 0 Å². The minimum Gasteiger partial charge on any atom is -0.465 e. The lowest BCUT2D eigenvalue weighted by molar-refractivity contribution is 0.0594. The molecule has 4 heteroatoms. The summed E-state index contributed by atoms with van der Waals surface area (Å²) in [5.74, 6) is -1.49. The number of fused-ring (bicyclic) bond motifs is 1. The summed E-state index contributed by atoms with van der Waals surface area (Å²) in [6.07, 6.45) is 6.48. The Morgan fingerprint density at radius 2 is 2.10 bits per heavy atom. The van der Waals surface area contributed by atoms with E-state index in [4.69, 9.17) is 0 Å². The molecule has 1 aliphatic carbocycles. The van der Waals surface area contributed by atoms with Gasteiger partial charge in [0, 0.05) is 0 Å². The Bertz CT molecular complexity index is 526. The van der Waals surface area contributed by atoms with Gasteiger partial charge in [0.25, 0.3) is 0 Å². The standard InChI is InChI=1S/C17H22F2O2/c1-3-4-5-6-11-7-8-12-13(9-11)15(18)10-14(16(12)19)17(20)21-2/h10-11H,3-9H2,1-2H3. The molecule has 2 rings (SSSR count). The van der Waals surface area contributed by atoms with E-state index < -0.39 is 17.6 Å². The number of methoxy groups -OCH3 is 1. The molecule has 0 saturated heterocycles. The Balaban J connectivity index is 2.21. The number of benzene rings is 1. The van der Waals surface area contributed by atoms with Crippen LogP contribution in [0.15, 0.2) is 6.07 Å². The van der Waals surface area contributed by atoms with E-state index in [9.17, 15) is 13.6 Å². The third kappa shape index (κ3) is 3.42. The third-order valence-electron chi connectivity index (χ3n) is 4.34. The van der Waals surface area contributed by atoms with Crippen LogP contribution in [0.3, 0.4) is 0 Å². The zero-order valence-electron chi connectivity index (χ0n) is 12.7. The molecule has 0 aromatic heterocycles. The van der Waals surface area contributed by atoms with E-state index >= 15 is 0 Å². The minimum absolute atomic E-state index is 0.293. The largest absolute Gasteiger partial charge is 0.465 e. The van der Waals surface area contributed by atoms with Crippen LogP contribution in [-0.2, 0) is 17.6 Å². The zero-order chi connectivity index (χ0) is 15.4. The first-order chi connectivity index (χ1) is 10.1. The molecule has 0 radical (unpaired) electrons. The predicted octanol–water partition coefficient (Wildman–Crippen LogP) is 4.44. The average molecular weight is 296 g/mol. The number of esters is 1. The highest BCUT2D eigenvalue weighted by Gasteiger charge is 2.28. The SMILES string of the molecule is CCCCCC1CCc2c(F)c(C(=O)OC)cc(F)c2C1. The molecule has 116 valence electrons. The molecule has 0 aliphatic heterocycles. The molecule has 0 N–H and O–H groups in total.